The topological polar surface area (TPSA) is 3.24 Å². The van der Waals surface area contributed by atoms with Crippen molar-refractivity contribution in [1.82, 2.24) is 0 Å². The van der Waals surface area contributed by atoms with Crippen LogP contribution in [0, 0.1) is 0 Å². The van der Waals surface area contributed by atoms with Crippen LogP contribution in [0.5, 0.6) is 0 Å². The smallest absolute Gasteiger partial charge is 0.0462 e. The predicted molar refractivity (Wildman–Crippen MR) is 259 cm³/mol. The largest absolute Gasteiger partial charge is 0.311 e. The van der Waals surface area contributed by atoms with E-state index in [0.29, 0.717) is 0 Å². The van der Waals surface area contributed by atoms with Crippen LogP contribution < -0.4 is 4.90 Å². The Labute approximate surface area is 354 Å². The standard InChI is InChI=1S/C58H39NS/c1-2-12-43(13-3-1)53-17-6-7-18-54(53)44-27-34-52(35-28-44)59(51-32-25-42(26-33-51)49-29-36-58-56(39-49)55-19-8-9-20-57(55)60-58)50-30-23-41(24-31-50)46-15-10-16-47(37-46)48-22-21-40-11-4-5-14-45(40)38-48/h1-39H. The summed E-state index contributed by atoms with van der Waals surface area (Å²) in [4.78, 5) is 2.36. The molecule has 0 spiro atoms. The molecule has 0 aliphatic carbocycles. The van der Waals surface area contributed by atoms with Gasteiger partial charge in [-0.3, -0.25) is 0 Å². The van der Waals surface area contributed by atoms with Gasteiger partial charge in [-0.15, -0.1) is 11.3 Å². The first-order valence-electron chi connectivity index (χ1n) is 20.5. The minimum atomic E-state index is 1.10. The van der Waals surface area contributed by atoms with E-state index in [9.17, 15) is 0 Å². The fourth-order valence-corrected chi connectivity index (χ4v) is 9.69. The normalized spacial score (nSPS) is 11.3. The van der Waals surface area contributed by atoms with E-state index in [0.717, 1.165) is 17.1 Å². The SMILES string of the molecule is c1ccc(-c2ccccc2-c2ccc(N(c3ccc(-c4cccc(-c5ccc6ccccc6c5)c4)cc3)c3ccc(-c4ccc5sc6ccccc6c5c4)cc3)cc2)cc1. The Morgan fingerprint density at radius 2 is 0.700 bits per heavy atom. The van der Waals surface area contributed by atoms with Crippen molar-refractivity contribution in [2.75, 3.05) is 4.90 Å². The van der Waals surface area contributed by atoms with E-state index in [2.05, 4.69) is 241 Å². The zero-order chi connectivity index (χ0) is 39.8. The zero-order valence-corrected chi connectivity index (χ0v) is 33.7. The van der Waals surface area contributed by atoms with Crippen LogP contribution in [0.25, 0.3) is 86.6 Å². The second-order valence-corrected chi connectivity index (χ2v) is 16.4. The molecule has 0 saturated heterocycles. The van der Waals surface area contributed by atoms with Gasteiger partial charge in [0, 0.05) is 37.2 Å². The highest BCUT2D eigenvalue weighted by molar-refractivity contribution is 7.25. The molecule has 0 amide bonds. The van der Waals surface area contributed by atoms with Crippen molar-refractivity contribution in [1.29, 1.82) is 0 Å². The monoisotopic (exact) mass is 781 g/mol. The molecule has 0 atom stereocenters. The average molecular weight is 782 g/mol. The fraction of sp³-hybridized carbons (Fsp3) is 0. The molecule has 11 aromatic rings. The van der Waals surface area contributed by atoms with Crippen molar-refractivity contribution in [3.8, 4) is 55.6 Å². The first-order chi connectivity index (χ1) is 29.7. The lowest BCUT2D eigenvalue weighted by molar-refractivity contribution is 1.28. The Balaban J connectivity index is 0.955. The van der Waals surface area contributed by atoms with Gasteiger partial charge in [-0.2, -0.15) is 0 Å². The maximum absolute atomic E-state index is 2.36. The molecule has 0 radical (unpaired) electrons. The summed E-state index contributed by atoms with van der Waals surface area (Å²) in [6.07, 6.45) is 0. The van der Waals surface area contributed by atoms with Gasteiger partial charge in [0.25, 0.3) is 0 Å². The molecule has 0 fully saturated rings. The average Bonchev–Trinajstić information content (AvgIpc) is 3.71. The van der Waals surface area contributed by atoms with Crippen LogP contribution in [-0.2, 0) is 0 Å². The summed E-state index contributed by atoms with van der Waals surface area (Å²) in [5.74, 6) is 0. The molecule has 10 aromatic carbocycles. The molecule has 0 aliphatic heterocycles. The van der Waals surface area contributed by atoms with Gasteiger partial charge < -0.3 is 4.90 Å². The van der Waals surface area contributed by atoms with E-state index in [1.54, 1.807) is 0 Å². The third kappa shape index (κ3) is 6.73. The maximum atomic E-state index is 2.36. The molecule has 11 rings (SSSR count). The Morgan fingerprint density at radius 1 is 0.250 bits per heavy atom. The lowest BCUT2D eigenvalue weighted by Crippen LogP contribution is -2.09. The van der Waals surface area contributed by atoms with E-state index < -0.39 is 0 Å². The van der Waals surface area contributed by atoms with Gasteiger partial charge in [0.2, 0.25) is 0 Å². The van der Waals surface area contributed by atoms with Crippen LogP contribution in [0.4, 0.5) is 17.1 Å². The van der Waals surface area contributed by atoms with Crippen LogP contribution in [0.15, 0.2) is 237 Å². The molecule has 0 saturated carbocycles. The molecule has 0 N–H and O–H groups in total. The molecule has 1 aromatic heterocycles. The van der Waals surface area contributed by atoms with Crippen LogP contribution in [0.1, 0.15) is 0 Å². The number of hydrogen-bond acceptors (Lipinski definition) is 2. The van der Waals surface area contributed by atoms with Crippen molar-refractivity contribution >= 4 is 59.3 Å². The molecule has 2 heteroatoms. The number of thiophene rings is 1. The second kappa shape index (κ2) is 15.3. The highest BCUT2D eigenvalue weighted by atomic mass is 32.1. The maximum Gasteiger partial charge on any atom is 0.0462 e. The van der Waals surface area contributed by atoms with Crippen molar-refractivity contribution < 1.29 is 0 Å². The second-order valence-electron chi connectivity index (χ2n) is 15.3. The van der Waals surface area contributed by atoms with Crippen molar-refractivity contribution in [3.63, 3.8) is 0 Å². The third-order valence-corrected chi connectivity index (χ3v) is 12.8. The van der Waals surface area contributed by atoms with Crippen LogP contribution in [0.3, 0.4) is 0 Å². The van der Waals surface area contributed by atoms with Crippen molar-refractivity contribution in [2.24, 2.45) is 0 Å². The minimum absolute atomic E-state index is 1.10. The number of hydrogen-bond donors (Lipinski definition) is 0. The molecule has 1 heterocycles. The molecular weight excluding hydrogens is 743 g/mol. The number of fused-ring (bicyclic) bond motifs is 4. The van der Waals surface area contributed by atoms with Crippen LogP contribution in [0.2, 0.25) is 0 Å². The summed E-state index contributed by atoms with van der Waals surface area (Å²) in [6, 6.07) is 86.1. The predicted octanol–water partition coefficient (Wildman–Crippen LogP) is 17.0. The number of benzene rings is 10. The highest BCUT2D eigenvalue weighted by Gasteiger charge is 2.16. The summed E-state index contributed by atoms with van der Waals surface area (Å²) in [5, 5.41) is 5.15. The molecule has 282 valence electrons. The van der Waals surface area contributed by atoms with Crippen LogP contribution in [-0.4, -0.2) is 0 Å². The highest BCUT2D eigenvalue weighted by Crippen LogP contribution is 2.41. The Morgan fingerprint density at radius 3 is 1.38 bits per heavy atom. The number of anilines is 3. The lowest BCUT2D eigenvalue weighted by Gasteiger charge is -2.26. The van der Waals surface area contributed by atoms with Gasteiger partial charge in [0.05, 0.1) is 0 Å². The quantitative estimate of drug-likeness (QED) is 0.148. The first kappa shape index (κ1) is 35.6. The van der Waals surface area contributed by atoms with Gasteiger partial charge in [-0.05, 0) is 133 Å². The third-order valence-electron chi connectivity index (χ3n) is 11.7. The Kier molecular flexibility index (Phi) is 9.11. The summed E-state index contributed by atoms with van der Waals surface area (Å²) < 4.78 is 2.65. The summed E-state index contributed by atoms with van der Waals surface area (Å²) in [6.45, 7) is 0. The Bertz CT molecular complexity index is 3290. The zero-order valence-electron chi connectivity index (χ0n) is 32.9. The molecule has 60 heavy (non-hydrogen) atoms. The van der Waals surface area contributed by atoms with Crippen molar-refractivity contribution in [2.45, 2.75) is 0 Å². The molecule has 1 nitrogen and oxygen atoms in total. The summed E-state index contributed by atoms with van der Waals surface area (Å²) in [5.41, 5.74) is 15.4. The van der Waals surface area contributed by atoms with E-state index in [4.69, 9.17) is 0 Å². The van der Waals surface area contributed by atoms with E-state index in [1.165, 1.54) is 86.6 Å². The van der Waals surface area contributed by atoms with Gasteiger partial charge in [0.1, 0.15) is 0 Å². The molecular formula is C58H39NS. The van der Waals surface area contributed by atoms with Gasteiger partial charge >= 0.3 is 0 Å². The fourth-order valence-electron chi connectivity index (χ4n) is 8.60. The van der Waals surface area contributed by atoms with Crippen LogP contribution >= 0.6 is 11.3 Å². The lowest BCUT2D eigenvalue weighted by atomic mass is 9.94. The Hall–Kier alpha value is -7.52. The van der Waals surface area contributed by atoms with E-state index in [1.807, 2.05) is 11.3 Å². The van der Waals surface area contributed by atoms with Gasteiger partial charge in [-0.25, -0.2) is 0 Å². The summed E-state index contributed by atoms with van der Waals surface area (Å²) in [7, 11) is 0. The van der Waals surface area contributed by atoms with Gasteiger partial charge in [0.15, 0.2) is 0 Å². The molecule has 0 bridgehead atoms. The first-order valence-corrected chi connectivity index (χ1v) is 21.3. The number of rotatable bonds is 8. The number of nitrogens with zero attached hydrogens (tertiary/aromatic N) is 1. The molecule has 0 unspecified atom stereocenters. The van der Waals surface area contributed by atoms with Gasteiger partial charge in [-0.1, -0.05) is 170 Å². The molecule has 0 aliphatic rings. The van der Waals surface area contributed by atoms with E-state index >= 15 is 0 Å². The summed E-state index contributed by atoms with van der Waals surface area (Å²) >= 11 is 1.86. The van der Waals surface area contributed by atoms with Crippen molar-refractivity contribution in [3.05, 3.63) is 237 Å². The van der Waals surface area contributed by atoms with E-state index in [-0.39, 0.29) is 0 Å². The minimum Gasteiger partial charge on any atom is -0.311 e.